The predicted octanol–water partition coefficient (Wildman–Crippen LogP) is 1.57. The van der Waals surface area contributed by atoms with Gasteiger partial charge in [-0.05, 0) is 30.9 Å². The molecule has 0 radical (unpaired) electrons. The summed E-state index contributed by atoms with van der Waals surface area (Å²) in [5.41, 5.74) is 6.27. The van der Waals surface area contributed by atoms with Crippen molar-refractivity contribution < 1.29 is 9.50 Å². The second-order valence-corrected chi connectivity index (χ2v) is 3.81. The van der Waals surface area contributed by atoms with Crippen molar-refractivity contribution in [1.29, 1.82) is 0 Å². The molecule has 0 aliphatic heterocycles. The minimum atomic E-state index is -0.364. The molecule has 13 heavy (non-hydrogen) atoms. The number of hydrogen-bond acceptors (Lipinski definition) is 2. The third kappa shape index (κ3) is 1.80. The molecule has 1 aromatic carbocycles. The predicted molar refractivity (Wildman–Crippen MR) is 47.9 cm³/mol. The highest BCUT2D eigenvalue weighted by molar-refractivity contribution is 5.29. The first-order chi connectivity index (χ1) is 6.09. The van der Waals surface area contributed by atoms with Crippen LogP contribution in [0, 0.1) is 5.82 Å². The molecule has 2 nitrogen and oxygen atoms in total. The topological polar surface area (TPSA) is 46.2 Å². The monoisotopic (exact) mass is 181 g/mol. The van der Waals surface area contributed by atoms with Crippen LogP contribution in [0.5, 0.6) is 5.75 Å². The summed E-state index contributed by atoms with van der Waals surface area (Å²) in [5.74, 6) is -0.403. The largest absolute Gasteiger partial charge is 0.508 e. The van der Waals surface area contributed by atoms with Crippen LogP contribution in [0.4, 0.5) is 4.39 Å². The van der Waals surface area contributed by atoms with Crippen LogP contribution in [0.25, 0.3) is 0 Å². The molecule has 2 rings (SSSR count). The van der Waals surface area contributed by atoms with Gasteiger partial charge in [0.25, 0.3) is 0 Å². The molecule has 0 spiro atoms. The van der Waals surface area contributed by atoms with Gasteiger partial charge in [-0.1, -0.05) is 6.07 Å². The van der Waals surface area contributed by atoms with Gasteiger partial charge in [0.05, 0.1) is 0 Å². The zero-order valence-corrected chi connectivity index (χ0v) is 7.26. The van der Waals surface area contributed by atoms with Crippen LogP contribution < -0.4 is 5.73 Å². The van der Waals surface area contributed by atoms with Crippen molar-refractivity contribution in [3.05, 3.63) is 29.6 Å². The van der Waals surface area contributed by atoms with Crippen LogP contribution >= 0.6 is 0 Å². The van der Waals surface area contributed by atoms with E-state index in [1.165, 1.54) is 6.07 Å². The number of rotatable bonds is 2. The molecule has 0 unspecified atom stereocenters. The van der Waals surface area contributed by atoms with Crippen molar-refractivity contribution in [3.63, 3.8) is 0 Å². The molecule has 0 amide bonds. The van der Waals surface area contributed by atoms with Crippen molar-refractivity contribution in [2.45, 2.75) is 24.8 Å². The maximum Gasteiger partial charge on any atom is 0.130 e. The summed E-state index contributed by atoms with van der Waals surface area (Å²) in [4.78, 5) is 0. The highest BCUT2D eigenvalue weighted by Gasteiger charge is 2.38. The fraction of sp³-hybridized carbons (Fsp3) is 0.400. The smallest absolute Gasteiger partial charge is 0.130 e. The van der Waals surface area contributed by atoms with Crippen molar-refractivity contribution >= 4 is 0 Å². The standard InChI is InChI=1S/C10H12FNO/c11-9-5-8(13)2-1-7(9)6-10(12)3-4-10/h1-2,5,13H,3-4,6,12H2. The summed E-state index contributed by atoms with van der Waals surface area (Å²) >= 11 is 0. The second-order valence-electron chi connectivity index (χ2n) is 3.81. The van der Waals surface area contributed by atoms with Crippen LogP contribution in [0.1, 0.15) is 18.4 Å². The van der Waals surface area contributed by atoms with E-state index in [9.17, 15) is 4.39 Å². The first-order valence-electron chi connectivity index (χ1n) is 4.35. The summed E-state index contributed by atoms with van der Waals surface area (Å²) in [5, 5.41) is 8.98. The third-order valence-corrected chi connectivity index (χ3v) is 2.47. The molecule has 0 atom stereocenters. The SMILES string of the molecule is NC1(Cc2ccc(O)cc2F)CC1. The normalized spacial score (nSPS) is 18.6. The van der Waals surface area contributed by atoms with Crippen LogP contribution in [0.3, 0.4) is 0 Å². The lowest BCUT2D eigenvalue weighted by molar-refractivity contribution is 0.467. The lowest BCUT2D eigenvalue weighted by Gasteiger charge is -2.09. The molecule has 0 heterocycles. The maximum absolute atomic E-state index is 13.2. The van der Waals surface area contributed by atoms with Crippen molar-refractivity contribution in [1.82, 2.24) is 0 Å². The fourth-order valence-corrected chi connectivity index (χ4v) is 1.40. The Bertz CT molecular complexity index is 334. The molecule has 70 valence electrons. The highest BCUT2D eigenvalue weighted by atomic mass is 19.1. The molecule has 0 saturated heterocycles. The average molecular weight is 181 g/mol. The van der Waals surface area contributed by atoms with Gasteiger partial charge in [0, 0.05) is 11.6 Å². The number of phenolic OH excluding ortho intramolecular Hbond substituents is 1. The average Bonchev–Trinajstić information content (AvgIpc) is 2.75. The molecular weight excluding hydrogens is 169 g/mol. The van der Waals surface area contributed by atoms with Gasteiger partial charge >= 0.3 is 0 Å². The van der Waals surface area contributed by atoms with E-state index in [4.69, 9.17) is 10.8 Å². The van der Waals surface area contributed by atoms with Crippen molar-refractivity contribution in [2.75, 3.05) is 0 Å². The molecule has 1 aromatic rings. The minimum Gasteiger partial charge on any atom is -0.508 e. The molecule has 3 N–H and O–H groups in total. The van der Waals surface area contributed by atoms with E-state index >= 15 is 0 Å². The molecule has 1 saturated carbocycles. The summed E-state index contributed by atoms with van der Waals surface area (Å²) in [6, 6.07) is 4.21. The minimum absolute atomic E-state index is 0.0388. The van der Waals surface area contributed by atoms with Crippen molar-refractivity contribution in [2.24, 2.45) is 5.73 Å². The highest BCUT2D eigenvalue weighted by Crippen LogP contribution is 2.36. The lowest BCUT2D eigenvalue weighted by atomic mass is 10.0. The maximum atomic E-state index is 13.2. The van der Waals surface area contributed by atoms with E-state index in [2.05, 4.69) is 0 Å². The fourth-order valence-electron chi connectivity index (χ4n) is 1.40. The van der Waals surface area contributed by atoms with Gasteiger partial charge in [-0.25, -0.2) is 4.39 Å². The zero-order chi connectivity index (χ0) is 9.47. The Morgan fingerprint density at radius 3 is 2.69 bits per heavy atom. The Hall–Kier alpha value is -1.09. The lowest BCUT2D eigenvalue weighted by Crippen LogP contribution is -2.24. The van der Waals surface area contributed by atoms with Gasteiger partial charge in [0.15, 0.2) is 0 Å². The van der Waals surface area contributed by atoms with Crippen LogP contribution in [0.2, 0.25) is 0 Å². The van der Waals surface area contributed by atoms with Gasteiger partial charge in [0.2, 0.25) is 0 Å². The van der Waals surface area contributed by atoms with E-state index in [0.29, 0.717) is 12.0 Å². The first kappa shape index (κ1) is 8.51. The Kier molecular flexibility index (Phi) is 1.77. The molecule has 1 aliphatic carbocycles. The third-order valence-electron chi connectivity index (χ3n) is 2.47. The Labute approximate surface area is 76.2 Å². The second kappa shape index (κ2) is 2.70. The van der Waals surface area contributed by atoms with E-state index in [1.807, 2.05) is 0 Å². The quantitative estimate of drug-likeness (QED) is 0.727. The van der Waals surface area contributed by atoms with Crippen LogP contribution in [0.15, 0.2) is 18.2 Å². The van der Waals surface area contributed by atoms with Gasteiger partial charge in [0.1, 0.15) is 11.6 Å². The van der Waals surface area contributed by atoms with Gasteiger partial charge in [-0.3, -0.25) is 0 Å². The molecule has 3 heteroatoms. The number of hydrogen-bond donors (Lipinski definition) is 2. The Morgan fingerprint density at radius 2 is 2.15 bits per heavy atom. The molecule has 1 aliphatic rings. The number of aromatic hydroxyl groups is 1. The van der Waals surface area contributed by atoms with Crippen LogP contribution in [-0.4, -0.2) is 10.6 Å². The first-order valence-corrected chi connectivity index (χ1v) is 4.35. The summed E-state index contributed by atoms with van der Waals surface area (Å²) in [6.07, 6.45) is 2.50. The number of halogens is 1. The van der Waals surface area contributed by atoms with Gasteiger partial charge in [-0.2, -0.15) is 0 Å². The number of benzene rings is 1. The Balaban J connectivity index is 2.20. The van der Waals surface area contributed by atoms with Crippen LogP contribution in [-0.2, 0) is 6.42 Å². The molecule has 1 fully saturated rings. The number of nitrogens with two attached hydrogens (primary N) is 1. The molecular formula is C10H12FNO. The van der Waals surface area contributed by atoms with Gasteiger partial charge in [-0.15, -0.1) is 0 Å². The summed E-state index contributed by atoms with van der Waals surface area (Å²) in [7, 11) is 0. The van der Waals surface area contributed by atoms with E-state index in [0.717, 1.165) is 18.9 Å². The molecule has 0 bridgehead atoms. The Morgan fingerprint density at radius 1 is 1.46 bits per heavy atom. The van der Waals surface area contributed by atoms with E-state index < -0.39 is 0 Å². The molecule has 0 aromatic heterocycles. The summed E-state index contributed by atoms with van der Waals surface area (Å²) in [6.45, 7) is 0. The number of phenols is 1. The van der Waals surface area contributed by atoms with E-state index in [1.54, 1.807) is 6.07 Å². The van der Waals surface area contributed by atoms with Crippen molar-refractivity contribution in [3.8, 4) is 5.75 Å². The van der Waals surface area contributed by atoms with E-state index in [-0.39, 0.29) is 17.1 Å². The van der Waals surface area contributed by atoms with Gasteiger partial charge < -0.3 is 10.8 Å². The summed E-state index contributed by atoms with van der Waals surface area (Å²) < 4.78 is 13.2. The zero-order valence-electron chi connectivity index (χ0n) is 7.26.